The Morgan fingerprint density at radius 2 is 1.78 bits per heavy atom. The van der Waals surface area contributed by atoms with E-state index in [-0.39, 0.29) is 10.5 Å². The molecule has 5 nitrogen and oxygen atoms in total. The van der Waals surface area contributed by atoms with Crippen LogP contribution in [0.2, 0.25) is 0 Å². The number of nitrogens with zero attached hydrogens (tertiary/aromatic N) is 1. The van der Waals surface area contributed by atoms with Gasteiger partial charge in [0.25, 0.3) is 10.0 Å². The molecule has 94 valence electrons. The molecule has 0 saturated carbocycles. The fourth-order valence-electron chi connectivity index (χ4n) is 1.48. The second-order valence-electron chi connectivity index (χ2n) is 3.84. The van der Waals surface area contributed by atoms with Crippen molar-refractivity contribution in [1.82, 2.24) is 3.97 Å². The predicted molar refractivity (Wildman–Crippen MR) is 62.5 cm³/mol. The summed E-state index contributed by atoms with van der Waals surface area (Å²) in [4.78, 5) is 10.7. The maximum Gasteiger partial charge on any atom is 0.267 e. The Morgan fingerprint density at radius 1 is 1.17 bits per heavy atom. The first-order chi connectivity index (χ1) is 8.41. The lowest BCUT2D eigenvalue weighted by molar-refractivity contribution is -0.255. The van der Waals surface area contributed by atoms with Crippen molar-refractivity contribution in [3.8, 4) is 0 Å². The number of aromatic nitrogens is 1. The molecule has 1 aromatic carbocycles. The van der Waals surface area contributed by atoms with Crippen molar-refractivity contribution in [1.29, 1.82) is 0 Å². The van der Waals surface area contributed by atoms with Crippen LogP contribution in [0.3, 0.4) is 0 Å². The summed E-state index contributed by atoms with van der Waals surface area (Å²) in [6.07, 6.45) is 2.20. The molecule has 2 aromatic rings. The summed E-state index contributed by atoms with van der Waals surface area (Å²) in [5, 5.41) is 10.6. The maximum absolute atomic E-state index is 12.1. The predicted octanol–water partition coefficient (Wildman–Crippen LogP) is 0.397. The lowest BCUT2D eigenvalue weighted by atomic mass is 10.2. The molecule has 0 aliphatic heterocycles. The van der Waals surface area contributed by atoms with E-state index in [1.807, 2.05) is 6.92 Å². The SMILES string of the molecule is Cc1ccc(S(=O)(=O)n2ccc(C(=O)[O-])c2)cc1. The zero-order valence-corrected chi connectivity index (χ0v) is 10.3. The zero-order valence-electron chi connectivity index (χ0n) is 9.53. The van der Waals surface area contributed by atoms with E-state index in [0.717, 1.165) is 15.7 Å². The van der Waals surface area contributed by atoms with Gasteiger partial charge in [0, 0.05) is 18.0 Å². The monoisotopic (exact) mass is 264 g/mol. The number of hydrogen-bond acceptors (Lipinski definition) is 4. The number of carboxylic acids is 1. The minimum absolute atomic E-state index is 0.105. The highest BCUT2D eigenvalue weighted by molar-refractivity contribution is 7.90. The molecule has 0 bridgehead atoms. The van der Waals surface area contributed by atoms with Crippen LogP contribution in [0.15, 0.2) is 47.6 Å². The lowest BCUT2D eigenvalue weighted by Crippen LogP contribution is -2.21. The molecule has 0 aliphatic carbocycles. The van der Waals surface area contributed by atoms with Crippen LogP contribution in [0.25, 0.3) is 0 Å². The summed E-state index contributed by atoms with van der Waals surface area (Å²) < 4.78 is 25.1. The van der Waals surface area contributed by atoms with Crippen molar-refractivity contribution in [3.63, 3.8) is 0 Å². The number of hydrogen-bond donors (Lipinski definition) is 0. The molecule has 0 saturated heterocycles. The Bertz CT molecular complexity index is 683. The van der Waals surface area contributed by atoms with E-state index < -0.39 is 16.0 Å². The van der Waals surface area contributed by atoms with Crippen LogP contribution in [0.1, 0.15) is 15.9 Å². The van der Waals surface area contributed by atoms with Gasteiger partial charge < -0.3 is 9.90 Å². The van der Waals surface area contributed by atoms with Crippen molar-refractivity contribution in [2.75, 3.05) is 0 Å². The van der Waals surface area contributed by atoms with Gasteiger partial charge >= 0.3 is 0 Å². The molecule has 18 heavy (non-hydrogen) atoms. The Balaban J connectivity index is 2.47. The summed E-state index contributed by atoms with van der Waals surface area (Å²) in [6.45, 7) is 1.85. The van der Waals surface area contributed by atoms with Crippen LogP contribution in [0, 0.1) is 6.92 Å². The molecular weight excluding hydrogens is 254 g/mol. The average Bonchev–Trinajstić information content (AvgIpc) is 2.79. The van der Waals surface area contributed by atoms with Crippen LogP contribution in [0.4, 0.5) is 0 Å². The van der Waals surface area contributed by atoms with E-state index in [1.54, 1.807) is 12.1 Å². The van der Waals surface area contributed by atoms with Gasteiger partial charge in [-0.1, -0.05) is 17.7 Å². The molecule has 1 heterocycles. The number of carboxylic acid groups (broad SMARTS) is 1. The van der Waals surface area contributed by atoms with Gasteiger partial charge in [0.05, 0.1) is 10.9 Å². The van der Waals surface area contributed by atoms with Crippen molar-refractivity contribution in [2.45, 2.75) is 11.8 Å². The van der Waals surface area contributed by atoms with Gasteiger partial charge in [-0.15, -0.1) is 0 Å². The molecule has 6 heteroatoms. The smallest absolute Gasteiger partial charge is 0.267 e. The van der Waals surface area contributed by atoms with Crippen LogP contribution in [-0.4, -0.2) is 18.4 Å². The molecule has 0 radical (unpaired) electrons. The van der Waals surface area contributed by atoms with Gasteiger partial charge in [-0.05, 0) is 25.1 Å². The van der Waals surface area contributed by atoms with E-state index in [4.69, 9.17) is 0 Å². The summed E-state index contributed by atoms with van der Waals surface area (Å²) >= 11 is 0. The molecule has 0 spiro atoms. The second-order valence-corrected chi connectivity index (χ2v) is 5.68. The third-order valence-electron chi connectivity index (χ3n) is 2.50. The maximum atomic E-state index is 12.1. The fraction of sp³-hybridized carbons (Fsp3) is 0.0833. The third kappa shape index (κ3) is 2.14. The van der Waals surface area contributed by atoms with Crippen molar-refractivity contribution in [3.05, 3.63) is 53.9 Å². The normalized spacial score (nSPS) is 11.4. The minimum Gasteiger partial charge on any atom is -0.545 e. The Morgan fingerprint density at radius 3 is 2.28 bits per heavy atom. The zero-order chi connectivity index (χ0) is 13.3. The topological polar surface area (TPSA) is 79.2 Å². The summed E-state index contributed by atoms with van der Waals surface area (Å²) in [5.74, 6) is -1.41. The van der Waals surface area contributed by atoms with Gasteiger partial charge in [0.1, 0.15) is 0 Å². The first-order valence-electron chi connectivity index (χ1n) is 5.13. The highest BCUT2D eigenvalue weighted by atomic mass is 32.2. The molecule has 0 fully saturated rings. The fourth-order valence-corrected chi connectivity index (χ4v) is 2.68. The number of rotatable bonds is 3. The molecule has 2 rings (SSSR count). The number of benzene rings is 1. The number of carbonyl (C=O) groups excluding carboxylic acids is 1. The van der Waals surface area contributed by atoms with Gasteiger partial charge in [0.2, 0.25) is 0 Å². The standard InChI is InChI=1S/C12H11NO4S/c1-9-2-4-11(5-3-9)18(16,17)13-7-6-10(8-13)12(14)15/h2-8H,1H3,(H,14,15)/p-1. The second kappa shape index (κ2) is 4.30. The van der Waals surface area contributed by atoms with E-state index in [2.05, 4.69) is 0 Å². The molecule has 0 atom stereocenters. The minimum atomic E-state index is -3.74. The average molecular weight is 264 g/mol. The number of carbonyl (C=O) groups is 1. The van der Waals surface area contributed by atoms with Gasteiger partial charge in [-0.2, -0.15) is 0 Å². The van der Waals surface area contributed by atoms with E-state index >= 15 is 0 Å². The number of aryl methyl sites for hydroxylation is 1. The number of aromatic carboxylic acids is 1. The van der Waals surface area contributed by atoms with Crippen LogP contribution in [-0.2, 0) is 10.0 Å². The van der Waals surface area contributed by atoms with Crippen molar-refractivity contribution < 1.29 is 18.3 Å². The first kappa shape index (κ1) is 12.4. The highest BCUT2D eigenvalue weighted by Gasteiger charge is 2.16. The lowest BCUT2D eigenvalue weighted by Gasteiger charge is -2.05. The Labute approximate surface area is 104 Å². The van der Waals surface area contributed by atoms with Crippen LogP contribution in [0.5, 0.6) is 0 Å². The molecular formula is C12H10NO4S-. The molecule has 1 aromatic heterocycles. The summed E-state index contributed by atoms with van der Waals surface area (Å²) in [7, 11) is -3.74. The molecule has 0 amide bonds. The quantitative estimate of drug-likeness (QED) is 0.803. The van der Waals surface area contributed by atoms with Gasteiger partial charge in [-0.25, -0.2) is 12.4 Å². The van der Waals surface area contributed by atoms with Crippen LogP contribution >= 0.6 is 0 Å². The van der Waals surface area contributed by atoms with Crippen LogP contribution < -0.4 is 5.11 Å². The van der Waals surface area contributed by atoms with E-state index in [9.17, 15) is 18.3 Å². The van der Waals surface area contributed by atoms with E-state index in [0.29, 0.717) is 0 Å². The first-order valence-corrected chi connectivity index (χ1v) is 6.57. The molecule has 0 N–H and O–H groups in total. The van der Waals surface area contributed by atoms with E-state index in [1.165, 1.54) is 24.4 Å². The van der Waals surface area contributed by atoms with Crippen molar-refractivity contribution >= 4 is 16.0 Å². The van der Waals surface area contributed by atoms with Gasteiger partial charge in [-0.3, -0.25) is 0 Å². The molecule has 0 unspecified atom stereocenters. The van der Waals surface area contributed by atoms with Crippen molar-refractivity contribution in [2.24, 2.45) is 0 Å². The summed E-state index contributed by atoms with van der Waals surface area (Å²) in [5.41, 5.74) is 0.766. The third-order valence-corrected chi connectivity index (χ3v) is 4.15. The Kier molecular flexibility index (Phi) is 2.96. The highest BCUT2D eigenvalue weighted by Crippen LogP contribution is 2.15. The Hall–Kier alpha value is -2.08. The summed E-state index contributed by atoms with van der Waals surface area (Å²) in [6, 6.07) is 7.49. The van der Waals surface area contributed by atoms with Gasteiger partial charge in [0.15, 0.2) is 0 Å². The molecule has 0 aliphatic rings. The largest absolute Gasteiger partial charge is 0.545 e.